The zero-order chi connectivity index (χ0) is 31.1. The molecule has 1 aliphatic carbocycles. The Morgan fingerprint density at radius 3 is 2.26 bits per heavy atom. The summed E-state index contributed by atoms with van der Waals surface area (Å²) in [7, 11) is 4.17. The topological polar surface area (TPSA) is 93.6 Å². The van der Waals surface area contributed by atoms with Crippen molar-refractivity contribution in [2.75, 3.05) is 71.4 Å². The number of ether oxygens (including phenoxy) is 1. The molecular formula is C34H50N4O5. The lowest BCUT2D eigenvalue weighted by atomic mass is 9.80. The summed E-state index contributed by atoms with van der Waals surface area (Å²) in [4.78, 5) is 48.4. The molecule has 43 heavy (non-hydrogen) atoms. The van der Waals surface area contributed by atoms with Gasteiger partial charge >= 0.3 is 6.09 Å². The van der Waals surface area contributed by atoms with E-state index in [4.69, 9.17) is 4.74 Å². The Morgan fingerprint density at radius 1 is 0.930 bits per heavy atom. The number of likely N-dealkylation sites (N-methyl/N-ethyl adjacent to an activating group) is 2. The highest BCUT2D eigenvalue weighted by atomic mass is 16.6. The Bertz CT molecular complexity index is 1180. The van der Waals surface area contributed by atoms with Crippen LogP contribution in [0.5, 0.6) is 0 Å². The van der Waals surface area contributed by atoms with E-state index in [1.807, 2.05) is 58.2 Å². The highest BCUT2D eigenvalue weighted by Gasteiger charge is 2.33. The van der Waals surface area contributed by atoms with Crippen LogP contribution in [0.25, 0.3) is 6.08 Å². The molecule has 9 heteroatoms. The molecular weight excluding hydrogens is 544 g/mol. The number of benzene rings is 1. The van der Waals surface area contributed by atoms with Crippen LogP contribution in [0.4, 0.5) is 10.5 Å². The van der Waals surface area contributed by atoms with Crippen molar-refractivity contribution in [1.29, 1.82) is 0 Å². The van der Waals surface area contributed by atoms with E-state index in [-0.39, 0.29) is 24.3 Å². The number of rotatable bonds is 4. The van der Waals surface area contributed by atoms with Crippen LogP contribution in [0, 0.1) is 17.8 Å². The van der Waals surface area contributed by atoms with Gasteiger partial charge in [0.15, 0.2) is 0 Å². The van der Waals surface area contributed by atoms with E-state index in [0.29, 0.717) is 25.9 Å². The lowest BCUT2D eigenvalue weighted by molar-refractivity contribution is -0.140. The van der Waals surface area contributed by atoms with Crippen molar-refractivity contribution >= 4 is 29.4 Å². The number of ketones is 2. The van der Waals surface area contributed by atoms with Crippen LogP contribution in [0.15, 0.2) is 42.0 Å². The third kappa shape index (κ3) is 9.00. The van der Waals surface area contributed by atoms with Crippen molar-refractivity contribution < 1.29 is 24.2 Å². The Kier molecular flexibility index (Phi) is 11.6. The highest BCUT2D eigenvalue weighted by Crippen LogP contribution is 2.29. The normalized spacial score (nSPS) is 30.0. The molecule has 2 fully saturated rings. The summed E-state index contributed by atoms with van der Waals surface area (Å²) in [6.07, 6.45) is 4.75. The molecule has 0 spiro atoms. The molecule has 1 N–H and O–H groups in total. The smallest absolute Gasteiger partial charge is 0.410 e. The number of carbonyl (C=O) groups excluding carboxylic acids is 3. The van der Waals surface area contributed by atoms with Crippen molar-refractivity contribution in [1.82, 2.24) is 14.7 Å². The third-order valence-electron chi connectivity index (χ3n) is 9.25. The van der Waals surface area contributed by atoms with Crippen molar-refractivity contribution in [3.63, 3.8) is 0 Å². The summed E-state index contributed by atoms with van der Waals surface area (Å²) in [5.41, 5.74) is 2.91. The largest absolute Gasteiger partial charge is 0.442 e. The summed E-state index contributed by atoms with van der Waals surface area (Å²) in [5, 5.41) is 10.7. The SMILES string of the molecule is C/C(=C\c1cccc(N2CCN(C)CC2)c1)[C@H]1C(=O)C(=O)C[C@H](O)CC[C@H](C)[C@@H](OC(=O)N2CCN(C)CC2)/C=C/[C@@H]1C. The number of aliphatic hydroxyl groups is 1. The quantitative estimate of drug-likeness (QED) is 0.417. The van der Waals surface area contributed by atoms with Gasteiger partial charge in [0, 0.05) is 64.5 Å². The summed E-state index contributed by atoms with van der Waals surface area (Å²) >= 11 is 0. The van der Waals surface area contributed by atoms with Gasteiger partial charge in [0.05, 0.1) is 12.0 Å². The Balaban J connectivity index is 1.57. The number of carbonyl (C=O) groups is 3. The lowest BCUT2D eigenvalue weighted by Gasteiger charge is -2.34. The van der Waals surface area contributed by atoms with Crippen molar-refractivity contribution in [3.8, 4) is 0 Å². The van der Waals surface area contributed by atoms with Gasteiger partial charge in [-0.05, 0) is 69.5 Å². The molecule has 4 rings (SSSR count). The van der Waals surface area contributed by atoms with Crippen molar-refractivity contribution in [2.45, 2.75) is 52.2 Å². The van der Waals surface area contributed by atoms with E-state index in [1.165, 1.54) is 0 Å². The molecule has 2 saturated heterocycles. The van der Waals surface area contributed by atoms with E-state index >= 15 is 0 Å². The van der Waals surface area contributed by atoms with E-state index in [2.05, 4.69) is 33.9 Å². The minimum Gasteiger partial charge on any atom is -0.442 e. The van der Waals surface area contributed by atoms with E-state index < -0.39 is 29.7 Å². The summed E-state index contributed by atoms with van der Waals surface area (Å²) in [6.45, 7) is 12.6. The fourth-order valence-corrected chi connectivity index (χ4v) is 6.22. The van der Waals surface area contributed by atoms with Crippen molar-refractivity contribution in [3.05, 3.63) is 47.6 Å². The standard InChI is InChI=1S/C34H50N4O5/c1-24-9-11-29(39)23-30(40)33(41)32(25(2)10-12-31(24)43-34(42)38-19-15-36(5)16-20-38)26(3)21-27-7-6-8-28(22-27)37-17-13-35(4)14-18-37/h6-8,10,12,21-22,24-25,29,31-32,39H,9,11,13-20,23H2,1-5H3/b12-10+,26-21+/t24-,25-,29+,31-,32-/m0/s1. The van der Waals surface area contributed by atoms with Crippen LogP contribution in [-0.4, -0.2) is 116 Å². The van der Waals surface area contributed by atoms with Gasteiger partial charge in [-0.1, -0.05) is 43.7 Å². The van der Waals surface area contributed by atoms with Crippen LogP contribution in [-0.2, 0) is 14.3 Å². The number of Topliss-reactive ketones (excluding diaryl/α,β-unsaturated/α-hetero) is 2. The first-order chi connectivity index (χ1) is 20.5. The van der Waals surface area contributed by atoms with E-state index in [9.17, 15) is 19.5 Å². The number of hydrogen-bond donors (Lipinski definition) is 1. The zero-order valence-corrected chi connectivity index (χ0v) is 26.6. The molecule has 9 nitrogen and oxygen atoms in total. The summed E-state index contributed by atoms with van der Waals surface area (Å²) in [5.74, 6) is -2.09. The monoisotopic (exact) mass is 594 g/mol. The van der Waals surface area contributed by atoms with Crippen LogP contribution < -0.4 is 4.90 Å². The second-order valence-electron chi connectivity index (χ2n) is 12.8. The fraction of sp³-hybridized carbons (Fsp3) is 0.618. The Hall–Kier alpha value is -3.01. The molecule has 0 aromatic heterocycles. The molecule has 1 aromatic rings. The van der Waals surface area contributed by atoms with E-state index in [1.54, 1.807) is 4.90 Å². The maximum absolute atomic E-state index is 13.6. The number of nitrogens with zero attached hydrogens (tertiary/aromatic N) is 4. The molecule has 5 atom stereocenters. The Labute approximate surface area is 257 Å². The molecule has 0 radical (unpaired) electrons. The first kappa shape index (κ1) is 32.9. The summed E-state index contributed by atoms with van der Waals surface area (Å²) < 4.78 is 6.01. The van der Waals surface area contributed by atoms with Gasteiger partial charge in [-0.3, -0.25) is 9.59 Å². The second-order valence-corrected chi connectivity index (χ2v) is 12.8. The molecule has 1 aromatic carbocycles. The van der Waals surface area contributed by atoms with Gasteiger partial charge < -0.3 is 29.4 Å². The maximum atomic E-state index is 13.6. The first-order valence-corrected chi connectivity index (χ1v) is 15.8. The van der Waals surface area contributed by atoms with Gasteiger partial charge in [-0.15, -0.1) is 0 Å². The highest BCUT2D eigenvalue weighted by molar-refractivity contribution is 6.38. The molecule has 2 heterocycles. The van der Waals surface area contributed by atoms with Crippen LogP contribution in [0.3, 0.4) is 0 Å². The second kappa shape index (κ2) is 15.1. The first-order valence-electron chi connectivity index (χ1n) is 15.8. The van der Waals surface area contributed by atoms with Crippen LogP contribution >= 0.6 is 0 Å². The number of amides is 1. The fourth-order valence-electron chi connectivity index (χ4n) is 6.22. The van der Waals surface area contributed by atoms with Crippen molar-refractivity contribution in [2.24, 2.45) is 17.8 Å². The predicted molar refractivity (Wildman–Crippen MR) is 170 cm³/mol. The molecule has 0 saturated carbocycles. The third-order valence-corrected chi connectivity index (χ3v) is 9.25. The zero-order valence-electron chi connectivity index (χ0n) is 26.6. The lowest BCUT2D eigenvalue weighted by Crippen LogP contribution is -2.48. The molecule has 2 aliphatic heterocycles. The van der Waals surface area contributed by atoms with Gasteiger partial charge in [-0.25, -0.2) is 4.79 Å². The maximum Gasteiger partial charge on any atom is 0.410 e. The Morgan fingerprint density at radius 2 is 1.58 bits per heavy atom. The van der Waals surface area contributed by atoms with Crippen LogP contribution in [0.1, 0.15) is 45.6 Å². The van der Waals surface area contributed by atoms with Gasteiger partial charge in [-0.2, -0.15) is 0 Å². The molecule has 236 valence electrons. The number of aliphatic hydroxyl groups excluding tert-OH is 1. The molecule has 0 unspecified atom stereocenters. The molecule has 3 aliphatic rings. The average molecular weight is 595 g/mol. The average Bonchev–Trinajstić information content (AvgIpc) is 2.98. The van der Waals surface area contributed by atoms with Gasteiger partial charge in [0.1, 0.15) is 6.10 Å². The predicted octanol–water partition coefficient (Wildman–Crippen LogP) is 3.72. The molecule has 1 amide bonds. The number of piperazine rings is 2. The minimum atomic E-state index is -0.920. The minimum absolute atomic E-state index is 0.0628. The van der Waals surface area contributed by atoms with Gasteiger partial charge in [0.25, 0.3) is 0 Å². The van der Waals surface area contributed by atoms with E-state index in [0.717, 1.165) is 56.1 Å². The van der Waals surface area contributed by atoms with Crippen LogP contribution in [0.2, 0.25) is 0 Å². The summed E-state index contributed by atoms with van der Waals surface area (Å²) in [6, 6.07) is 8.29. The number of anilines is 1. The number of hydrogen-bond acceptors (Lipinski definition) is 8. The number of allylic oxidation sites excluding steroid dienone is 2. The molecule has 0 bridgehead atoms. The van der Waals surface area contributed by atoms with Gasteiger partial charge in [0.2, 0.25) is 11.6 Å².